The van der Waals surface area contributed by atoms with Crippen LogP contribution in [0.25, 0.3) is 0 Å². The number of methoxy groups -OCH3 is 1. The first kappa shape index (κ1) is 15.6. The molecule has 0 bridgehead atoms. The number of nitrogen functional groups attached to an aromatic ring is 1. The maximum Gasteiger partial charge on any atom is 0.148 e. The van der Waals surface area contributed by atoms with E-state index in [0.29, 0.717) is 25.4 Å². The summed E-state index contributed by atoms with van der Waals surface area (Å²) in [6.45, 7) is 3.03. The molecule has 19 heavy (non-hydrogen) atoms. The minimum absolute atomic E-state index is 0.336. The molecule has 0 saturated carbocycles. The van der Waals surface area contributed by atoms with E-state index in [-0.39, 0.29) is 0 Å². The molecule has 0 radical (unpaired) electrons. The molecule has 0 aromatic carbocycles. The van der Waals surface area contributed by atoms with E-state index in [1.54, 1.807) is 7.11 Å². The highest BCUT2D eigenvalue weighted by Crippen LogP contribution is 2.20. The second-order valence-electron chi connectivity index (χ2n) is 4.27. The van der Waals surface area contributed by atoms with E-state index < -0.39 is 6.10 Å². The fourth-order valence-corrected chi connectivity index (χ4v) is 1.81. The summed E-state index contributed by atoms with van der Waals surface area (Å²) < 4.78 is 4.88. The largest absolute Gasteiger partial charge is 0.391 e. The highest BCUT2D eigenvalue weighted by atomic mass is 16.5. The lowest BCUT2D eigenvalue weighted by molar-refractivity contribution is 0.0615. The average Bonchev–Trinajstić information content (AvgIpc) is 2.41. The van der Waals surface area contributed by atoms with E-state index in [4.69, 9.17) is 10.6 Å². The second kappa shape index (κ2) is 8.63. The third kappa shape index (κ3) is 4.98. The van der Waals surface area contributed by atoms with Crippen LogP contribution in [0.5, 0.6) is 0 Å². The van der Waals surface area contributed by atoms with Gasteiger partial charge in [0.2, 0.25) is 0 Å². The molecule has 1 aromatic rings. The molecule has 108 valence electrons. The number of aliphatic hydroxyl groups is 1. The first-order valence-corrected chi connectivity index (χ1v) is 6.44. The number of hydrogen-bond acceptors (Lipinski definition) is 7. The molecule has 7 nitrogen and oxygen atoms in total. The standard InChI is InChI=1S/C12H23N5O2/c1-3-4-10-11(15-8-16-12(10)17-13)14-6-5-9(18)7-19-2/h8-9,18H,3-7,13H2,1-2H3,(H2,14,15,16,17). The zero-order valence-corrected chi connectivity index (χ0v) is 11.5. The Labute approximate surface area is 113 Å². The molecule has 1 aromatic heterocycles. The van der Waals surface area contributed by atoms with E-state index in [1.807, 2.05) is 0 Å². The van der Waals surface area contributed by atoms with Gasteiger partial charge < -0.3 is 20.6 Å². The van der Waals surface area contributed by atoms with Crippen molar-refractivity contribution in [3.63, 3.8) is 0 Å². The molecule has 1 rings (SSSR count). The first-order chi connectivity index (χ1) is 9.22. The lowest BCUT2D eigenvalue weighted by Crippen LogP contribution is -2.20. The van der Waals surface area contributed by atoms with Gasteiger partial charge in [-0.25, -0.2) is 15.8 Å². The third-order valence-electron chi connectivity index (χ3n) is 2.71. The van der Waals surface area contributed by atoms with Crippen LogP contribution in [0.3, 0.4) is 0 Å². The van der Waals surface area contributed by atoms with Crippen molar-refractivity contribution in [1.82, 2.24) is 9.97 Å². The van der Waals surface area contributed by atoms with Crippen LogP contribution in [0.4, 0.5) is 11.6 Å². The molecule has 5 N–H and O–H groups in total. The fourth-order valence-electron chi connectivity index (χ4n) is 1.81. The molecular weight excluding hydrogens is 246 g/mol. The van der Waals surface area contributed by atoms with Crippen LogP contribution >= 0.6 is 0 Å². The van der Waals surface area contributed by atoms with Crippen LogP contribution in [0.1, 0.15) is 25.3 Å². The van der Waals surface area contributed by atoms with Gasteiger partial charge in [0.1, 0.15) is 18.0 Å². The lowest BCUT2D eigenvalue weighted by atomic mass is 10.1. The fraction of sp³-hybridized carbons (Fsp3) is 0.667. The summed E-state index contributed by atoms with van der Waals surface area (Å²) in [6, 6.07) is 0. The number of aromatic nitrogens is 2. The average molecular weight is 269 g/mol. The number of nitrogens with two attached hydrogens (primary N) is 1. The Hall–Kier alpha value is -1.44. The molecule has 0 aliphatic rings. The number of ether oxygens (including phenoxy) is 1. The minimum Gasteiger partial charge on any atom is -0.391 e. The van der Waals surface area contributed by atoms with Crippen LogP contribution in [-0.4, -0.2) is 41.4 Å². The Bertz CT molecular complexity index is 375. The van der Waals surface area contributed by atoms with Gasteiger partial charge in [0.15, 0.2) is 0 Å². The van der Waals surface area contributed by atoms with Crippen molar-refractivity contribution in [2.24, 2.45) is 5.84 Å². The Morgan fingerprint density at radius 3 is 2.79 bits per heavy atom. The number of nitrogens with zero attached hydrogens (tertiary/aromatic N) is 2. The molecule has 0 amide bonds. The SMILES string of the molecule is CCCc1c(NN)ncnc1NCCC(O)COC. The Balaban J connectivity index is 2.61. The summed E-state index contributed by atoms with van der Waals surface area (Å²) in [6.07, 6.45) is 3.39. The predicted molar refractivity (Wildman–Crippen MR) is 74.8 cm³/mol. The van der Waals surface area contributed by atoms with Crippen molar-refractivity contribution in [2.75, 3.05) is 31.0 Å². The van der Waals surface area contributed by atoms with Gasteiger partial charge in [-0.2, -0.15) is 0 Å². The van der Waals surface area contributed by atoms with Crippen LogP contribution < -0.4 is 16.6 Å². The maximum atomic E-state index is 9.57. The van der Waals surface area contributed by atoms with Gasteiger partial charge >= 0.3 is 0 Å². The van der Waals surface area contributed by atoms with E-state index >= 15 is 0 Å². The van der Waals surface area contributed by atoms with Gasteiger partial charge in [0.05, 0.1) is 12.7 Å². The van der Waals surface area contributed by atoms with Crippen molar-refractivity contribution in [1.29, 1.82) is 0 Å². The number of hydrogen-bond donors (Lipinski definition) is 4. The summed E-state index contributed by atoms with van der Waals surface area (Å²) in [5.74, 6) is 6.84. The monoisotopic (exact) mass is 269 g/mol. The number of hydrazine groups is 1. The van der Waals surface area contributed by atoms with Crippen molar-refractivity contribution >= 4 is 11.6 Å². The quantitative estimate of drug-likeness (QED) is 0.382. The molecular formula is C12H23N5O2. The van der Waals surface area contributed by atoms with Gasteiger partial charge in [-0.1, -0.05) is 13.3 Å². The van der Waals surface area contributed by atoms with Crippen molar-refractivity contribution in [3.8, 4) is 0 Å². The topological polar surface area (TPSA) is 105 Å². The van der Waals surface area contributed by atoms with E-state index in [0.717, 1.165) is 24.2 Å². The minimum atomic E-state index is -0.471. The Morgan fingerprint density at radius 2 is 2.16 bits per heavy atom. The van der Waals surface area contributed by atoms with Crippen LogP contribution in [0.15, 0.2) is 6.33 Å². The molecule has 0 aliphatic heterocycles. The lowest BCUT2D eigenvalue weighted by Gasteiger charge is -2.14. The summed E-state index contributed by atoms with van der Waals surface area (Å²) in [4.78, 5) is 8.31. The van der Waals surface area contributed by atoms with Crippen LogP contribution in [-0.2, 0) is 11.2 Å². The van der Waals surface area contributed by atoms with Crippen LogP contribution in [0, 0.1) is 0 Å². The summed E-state index contributed by atoms with van der Waals surface area (Å²) in [5.41, 5.74) is 3.55. The van der Waals surface area contributed by atoms with E-state index in [9.17, 15) is 5.11 Å². The Morgan fingerprint density at radius 1 is 1.42 bits per heavy atom. The molecule has 0 fully saturated rings. The highest BCUT2D eigenvalue weighted by Gasteiger charge is 2.10. The van der Waals surface area contributed by atoms with Gasteiger partial charge in [0.25, 0.3) is 0 Å². The highest BCUT2D eigenvalue weighted by molar-refractivity contribution is 5.56. The Kier molecular flexibility index (Phi) is 7.09. The smallest absolute Gasteiger partial charge is 0.148 e. The normalized spacial score (nSPS) is 12.2. The van der Waals surface area contributed by atoms with Gasteiger partial charge in [-0.15, -0.1) is 0 Å². The number of aliphatic hydroxyl groups excluding tert-OH is 1. The molecule has 1 heterocycles. The molecule has 1 atom stereocenters. The first-order valence-electron chi connectivity index (χ1n) is 6.44. The summed E-state index contributed by atoms with van der Waals surface area (Å²) >= 11 is 0. The number of nitrogens with one attached hydrogen (secondary N) is 2. The summed E-state index contributed by atoms with van der Waals surface area (Å²) in [7, 11) is 1.57. The van der Waals surface area contributed by atoms with Crippen molar-refractivity contribution in [2.45, 2.75) is 32.3 Å². The number of anilines is 2. The molecule has 0 aliphatic carbocycles. The van der Waals surface area contributed by atoms with Crippen molar-refractivity contribution in [3.05, 3.63) is 11.9 Å². The predicted octanol–water partition coefficient (Wildman–Crippen LogP) is 0.524. The van der Waals surface area contributed by atoms with Crippen LogP contribution in [0.2, 0.25) is 0 Å². The third-order valence-corrected chi connectivity index (χ3v) is 2.71. The second-order valence-corrected chi connectivity index (χ2v) is 4.27. The van der Waals surface area contributed by atoms with Gasteiger partial charge in [-0.05, 0) is 12.8 Å². The molecule has 0 spiro atoms. The summed E-state index contributed by atoms with van der Waals surface area (Å²) in [5, 5.41) is 12.8. The van der Waals surface area contributed by atoms with Gasteiger partial charge in [0, 0.05) is 19.2 Å². The van der Waals surface area contributed by atoms with Gasteiger partial charge in [-0.3, -0.25) is 0 Å². The molecule has 7 heteroatoms. The van der Waals surface area contributed by atoms with E-state index in [1.165, 1.54) is 6.33 Å². The number of rotatable bonds is 9. The zero-order valence-electron chi connectivity index (χ0n) is 11.5. The molecule has 0 saturated heterocycles. The van der Waals surface area contributed by atoms with E-state index in [2.05, 4.69) is 27.6 Å². The zero-order chi connectivity index (χ0) is 14.1. The van der Waals surface area contributed by atoms with Crippen molar-refractivity contribution < 1.29 is 9.84 Å². The maximum absolute atomic E-state index is 9.57. The molecule has 1 unspecified atom stereocenters.